The first-order valence-corrected chi connectivity index (χ1v) is 7.56. The van der Waals surface area contributed by atoms with Gasteiger partial charge in [-0.3, -0.25) is 14.4 Å². The van der Waals surface area contributed by atoms with Crippen LogP contribution in [-0.2, 0) is 14.4 Å². The molecule has 1 fully saturated rings. The maximum absolute atomic E-state index is 12.1. The van der Waals surface area contributed by atoms with Gasteiger partial charge in [0.15, 0.2) is 0 Å². The molecule has 1 heterocycles. The molecule has 0 radical (unpaired) electrons. The smallest absolute Gasteiger partial charge is 0.405 e. The van der Waals surface area contributed by atoms with E-state index >= 15 is 0 Å². The second-order valence-electron chi connectivity index (χ2n) is 5.83. The van der Waals surface area contributed by atoms with Gasteiger partial charge >= 0.3 is 12.1 Å². The lowest BCUT2D eigenvalue weighted by Crippen LogP contribution is -2.38. The summed E-state index contributed by atoms with van der Waals surface area (Å²) in [5, 5.41) is 11.0. The van der Waals surface area contributed by atoms with E-state index in [9.17, 15) is 32.7 Å². The van der Waals surface area contributed by atoms with E-state index in [1.54, 1.807) is 35.6 Å². The van der Waals surface area contributed by atoms with Crippen molar-refractivity contribution in [3.63, 3.8) is 0 Å². The van der Waals surface area contributed by atoms with Crippen LogP contribution in [0, 0.1) is 5.92 Å². The van der Waals surface area contributed by atoms with Crippen molar-refractivity contribution in [1.29, 1.82) is 0 Å². The number of aliphatic carboxylic acids is 1. The fraction of sp³-hybridized carbons (Fsp3) is 0.438. The Balaban J connectivity index is 1.99. The number of alkyl halides is 3. The number of hydrogen-bond acceptors (Lipinski definition) is 3. The zero-order valence-electron chi connectivity index (χ0n) is 13.1. The van der Waals surface area contributed by atoms with Crippen molar-refractivity contribution in [2.24, 2.45) is 5.92 Å². The highest BCUT2D eigenvalue weighted by molar-refractivity contribution is 5.97. The molecule has 1 saturated heterocycles. The Labute approximate surface area is 141 Å². The number of benzene rings is 1. The first kappa shape index (κ1) is 18.8. The van der Waals surface area contributed by atoms with E-state index in [0.29, 0.717) is 0 Å². The van der Waals surface area contributed by atoms with Crippen molar-refractivity contribution >= 4 is 17.8 Å². The van der Waals surface area contributed by atoms with Crippen LogP contribution in [0.2, 0.25) is 0 Å². The van der Waals surface area contributed by atoms with Gasteiger partial charge in [-0.05, 0) is 5.56 Å². The van der Waals surface area contributed by atoms with E-state index in [0.717, 1.165) is 5.56 Å². The van der Waals surface area contributed by atoms with Crippen LogP contribution in [0.1, 0.15) is 17.9 Å². The van der Waals surface area contributed by atoms with E-state index in [2.05, 4.69) is 0 Å². The van der Waals surface area contributed by atoms with E-state index in [1.165, 1.54) is 4.90 Å². The van der Waals surface area contributed by atoms with Gasteiger partial charge in [-0.15, -0.1) is 0 Å². The number of rotatable bonds is 5. The standard InChI is InChI=1S/C16H17F3N2O4/c17-16(18,19)9-20-13(22)6-14(23)21-7-11(12(8-21)15(24)25)10-4-2-1-3-5-10/h1-5,11-12H,6-9H2,(H,20,22)(H,24,25)/t11-,12+/m0/s1. The number of likely N-dealkylation sites (tertiary alicyclic amines) is 1. The molecule has 9 heteroatoms. The van der Waals surface area contributed by atoms with Gasteiger partial charge in [0.05, 0.1) is 5.92 Å². The van der Waals surface area contributed by atoms with Crippen molar-refractivity contribution < 1.29 is 32.7 Å². The molecule has 1 aromatic carbocycles. The molecule has 1 aliphatic rings. The SMILES string of the molecule is O=C(CC(=O)N1C[C@@H](C(=O)O)[C@H](c2ccccc2)C1)NCC(F)(F)F. The maximum Gasteiger partial charge on any atom is 0.405 e. The third-order valence-corrected chi connectivity index (χ3v) is 4.02. The molecular formula is C16H17F3N2O4. The molecular weight excluding hydrogens is 341 g/mol. The summed E-state index contributed by atoms with van der Waals surface area (Å²) < 4.78 is 36.2. The van der Waals surface area contributed by atoms with Gasteiger partial charge in [0.25, 0.3) is 0 Å². The zero-order chi connectivity index (χ0) is 18.6. The highest BCUT2D eigenvalue weighted by Crippen LogP contribution is 2.33. The second kappa shape index (κ2) is 7.54. The average Bonchev–Trinajstić information content (AvgIpc) is 2.99. The van der Waals surface area contributed by atoms with Crippen molar-refractivity contribution in [3.05, 3.63) is 35.9 Å². The molecule has 6 nitrogen and oxygen atoms in total. The van der Waals surface area contributed by atoms with Crippen LogP contribution in [0.25, 0.3) is 0 Å². The molecule has 2 atom stereocenters. The molecule has 25 heavy (non-hydrogen) atoms. The van der Waals surface area contributed by atoms with E-state index in [-0.39, 0.29) is 13.1 Å². The molecule has 0 aliphatic carbocycles. The molecule has 1 aromatic rings. The fourth-order valence-electron chi connectivity index (χ4n) is 2.81. The normalized spacial score (nSPS) is 20.4. The molecule has 136 valence electrons. The van der Waals surface area contributed by atoms with Crippen molar-refractivity contribution in [1.82, 2.24) is 10.2 Å². The minimum absolute atomic E-state index is 0.0831. The lowest BCUT2D eigenvalue weighted by Gasteiger charge is -2.16. The van der Waals surface area contributed by atoms with Crippen LogP contribution in [0.15, 0.2) is 30.3 Å². The van der Waals surface area contributed by atoms with Crippen LogP contribution in [0.4, 0.5) is 13.2 Å². The predicted octanol–water partition coefficient (Wildman–Crippen LogP) is 1.38. The summed E-state index contributed by atoms with van der Waals surface area (Å²) in [6.07, 6.45) is -5.30. The summed E-state index contributed by atoms with van der Waals surface area (Å²) >= 11 is 0. The highest BCUT2D eigenvalue weighted by Gasteiger charge is 2.40. The Morgan fingerprint density at radius 2 is 1.80 bits per heavy atom. The summed E-state index contributed by atoms with van der Waals surface area (Å²) in [5.41, 5.74) is 0.756. The van der Waals surface area contributed by atoms with Gasteiger partial charge < -0.3 is 15.3 Å². The topological polar surface area (TPSA) is 86.7 Å². The first-order chi connectivity index (χ1) is 11.7. The zero-order valence-corrected chi connectivity index (χ0v) is 13.1. The Morgan fingerprint density at radius 3 is 2.36 bits per heavy atom. The monoisotopic (exact) mass is 358 g/mol. The van der Waals surface area contributed by atoms with Gasteiger partial charge in [0, 0.05) is 19.0 Å². The molecule has 0 spiro atoms. The Bertz CT molecular complexity index is 649. The summed E-state index contributed by atoms with van der Waals surface area (Å²) in [7, 11) is 0. The van der Waals surface area contributed by atoms with Gasteiger partial charge in [-0.25, -0.2) is 0 Å². The maximum atomic E-state index is 12.1. The largest absolute Gasteiger partial charge is 0.481 e. The highest BCUT2D eigenvalue weighted by atomic mass is 19.4. The van der Waals surface area contributed by atoms with E-state index < -0.39 is 48.8 Å². The van der Waals surface area contributed by atoms with Crippen molar-refractivity contribution in [3.8, 4) is 0 Å². The number of carbonyl (C=O) groups is 3. The third-order valence-electron chi connectivity index (χ3n) is 4.02. The Morgan fingerprint density at radius 1 is 1.16 bits per heavy atom. The number of carboxylic acids is 1. The number of carboxylic acid groups (broad SMARTS) is 1. The summed E-state index contributed by atoms with van der Waals surface area (Å²) in [6, 6.07) is 8.80. The van der Waals surface area contributed by atoms with Crippen LogP contribution in [-0.4, -0.2) is 53.6 Å². The minimum Gasteiger partial charge on any atom is -0.481 e. The molecule has 0 aromatic heterocycles. The van der Waals surface area contributed by atoms with Gasteiger partial charge in [0.2, 0.25) is 11.8 Å². The average molecular weight is 358 g/mol. The number of carbonyl (C=O) groups excluding carboxylic acids is 2. The number of nitrogens with zero attached hydrogens (tertiary/aromatic N) is 1. The number of halogens is 3. The van der Waals surface area contributed by atoms with Gasteiger partial charge in [-0.1, -0.05) is 30.3 Å². The number of hydrogen-bond donors (Lipinski definition) is 2. The summed E-state index contributed by atoms with van der Waals surface area (Å²) in [5.74, 6) is -4.06. The molecule has 1 aliphatic heterocycles. The van der Waals surface area contributed by atoms with Crippen LogP contribution in [0.5, 0.6) is 0 Å². The molecule has 2 amide bonds. The van der Waals surface area contributed by atoms with Crippen LogP contribution in [0.3, 0.4) is 0 Å². The quantitative estimate of drug-likeness (QED) is 0.779. The molecule has 2 N–H and O–H groups in total. The second-order valence-corrected chi connectivity index (χ2v) is 5.83. The molecule has 0 saturated carbocycles. The van der Waals surface area contributed by atoms with Crippen molar-refractivity contribution in [2.75, 3.05) is 19.6 Å². The summed E-state index contributed by atoms with van der Waals surface area (Å²) in [6.45, 7) is -1.49. The Kier molecular flexibility index (Phi) is 5.66. The van der Waals surface area contributed by atoms with E-state index in [4.69, 9.17) is 0 Å². The van der Waals surface area contributed by atoms with Crippen LogP contribution < -0.4 is 5.32 Å². The fourth-order valence-corrected chi connectivity index (χ4v) is 2.81. The first-order valence-electron chi connectivity index (χ1n) is 7.56. The minimum atomic E-state index is -4.56. The third kappa shape index (κ3) is 5.20. The number of amides is 2. The van der Waals surface area contributed by atoms with Gasteiger partial charge in [-0.2, -0.15) is 13.2 Å². The molecule has 0 bridgehead atoms. The molecule has 2 rings (SSSR count). The van der Waals surface area contributed by atoms with Crippen molar-refractivity contribution in [2.45, 2.75) is 18.5 Å². The number of nitrogens with one attached hydrogen (secondary N) is 1. The van der Waals surface area contributed by atoms with Gasteiger partial charge in [0.1, 0.15) is 13.0 Å². The van der Waals surface area contributed by atoms with E-state index in [1.807, 2.05) is 0 Å². The Hall–Kier alpha value is -2.58. The van der Waals surface area contributed by atoms with Crippen LogP contribution >= 0.6 is 0 Å². The summed E-state index contributed by atoms with van der Waals surface area (Å²) in [4.78, 5) is 36.2. The lowest BCUT2D eigenvalue weighted by atomic mass is 9.89. The molecule has 0 unspecified atom stereocenters. The predicted molar refractivity (Wildman–Crippen MR) is 80.6 cm³/mol. The lowest BCUT2D eigenvalue weighted by molar-refractivity contribution is -0.143.